The highest BCUT2D eigenvalue weighted by Gasteiger charge is 2.24. The third-order valence-electron chi connectivity index (χ3n) is 5.00. The molecule has 3 heterocycles. The van der Waals surface area contributed by atoms with Gasteiger partial charge in [-0.15, -0.1) is 0 Å². The van der Waals surface area contributed by atoms with Gasteiger partial charge in [0, 0.05) is 38.3 Å². The van der Waals surface area contributed by atoms with Crippen LogP contribution < -0.4 is 19.5 Å². The Hall–Kier alpha value is -3.20. The summed E-state index contributed by atoms with van der Waals surface area (Å²) in [7, 11) is 1.53. The van der Waals surface area contributed by atoms with E-state index in [1.54, 1.807) is 30.7 Å². The Bertz CT molecular complexity index is 875. The summed E-state index contributed by atoms with van der Waals surface area (Å²) in [6.07, 6.45) is 3.48. The van der Waals surface area contributed by atoms with Gasteiger partial charge in [0.05, 0.1) is 38.3 Å². The molecule has 1 saturated heterocycles. The number of piperazine rings is 1. The van der Waals surface area contributed by atoms with E-state index >= 15 is 0 Å². The molecule has 1 aromatic heterocycles. The molecule has 0 radical (unpaired) electrons. The van der Waals surface area contributed by atoms with Crippen LogP contribution in [0.15, 0.2) is 35.1 Å². The average molecular weight is 401 g/mol. The summed E-state index contributed by atoms with van der Waals surface area (Å²) in [5.74, 6) is 1.60. The summed E-state index contributed by atoms with van der Waals surface area (Å²) in [6.45, 7) is 2.86. The lowest BCUT2D eigenvalue weighted by molar-refractivity contribution is -0.132. The van der Waals surface area contributed by atoms with Gasteiger partial charge in [-0.05, 0) is 11.6 Å². The smallest absolute Gasteiger partial charge is 0.238 e. The first-order chi connectivity index (χ1) is 14.1. The molecule has 154 valence electrons. The van der Waals surface area contributed by atoms with Crippen LogP contribution >= 0.6 is 0 Å². The van der Waals surface area contributed by atoms with Crippen molar-refractivity contribution in [1.82, 2.24) is 9.80 Å². The molecular weight excluding hydrogens is 378 g/mol. The standard InChI is InChI=1S/C20H23N3O6/c1-26-16-10-18-17(28-13-29-18)9-15(16)21-19(24)11-22-3-5-23(6-4-22)20(25)8-14-2-7-27-12-14/h2,7,9-10,12H,3-6,8,11,13H2,1H3,(H,21,24). The Morgan fingerprint density at radius 2 is 1.90 bits per heavy atom. The van der Waals surface area contributed by atoms with E-state index in [-0.39, 0.29) is 25.2 Å². The summed E-state index contributed by atoms with van der Waals surface area (Å²) >= 11 is 0. The van der Waals surface area contributed by atoms with Gasteiger partial charge in [0.2, 0.25) is 18.6 Å². The Balaban J connectivity index is 1.27. The van der Waals surface area contributed by atoms with E-state index in [0.717, 1.165) is 5.56 Å². The molecule has 4 rings (SSSR count). The minimum Gasteiger partial charge on any atom is -0.494 e. The number of hydrogen-bond donors (Lipinski definition) is 1. The largest absolute Gasteiger partial charge is 0.494 e. The number of fused-ring (bicyclic) bond motifs is 1. The zero-order chi connectivity index (χ0) is 20.2. The van der Waals surface area contributed by atoms with Crippen LogP contribution in [0.2, 0.25) is 0 Å². The second-order valence-corrected chi connectivity index (χ2v) is 6.92. The molecule has 0 bridgehead atoms. The third kappa shape index (κ3) is 4.45. The summed E-state index contributed by atoms with van der Waals surface area (Å²) in [6, 6.07) is 5.19. The number of anilines is 1. The van der Waals surface area contributed by atoms with Gasteiger partial charge < -0.3 is 28.8 Å². The molecule has 0 aliphatic carbocycles. The van der Waals surface area contributed by atoms with Crippen LogP contribution in [0.25, 0.3) is 0 Å². The zero-order valence-electron chi connectivity index (χ0n) is 16.2. The maximum Gasteiger partial charge on any atom is 0.238 e. The second-order valence-electron chi connectivity index (χ2n) is 6.92. The number of carbonyl (C=O) groups excluding carboxylic acids is 2. The first kappa shape index (κ1) is 19.1. The molecule has 0 atom stereocenters. The molecule has 0 saturated carbocycles. The fourth-order valence-electron chi connectivity index (χ4n) is 3.42. The van der Waals surface area contributed by atoms with Gasteiger partial charge in [0.15, 0.2) is 11.5 Å². The highest BCUT2D eigenvalue weighted by molar-refractivity contribution is 5.94. The van der Waals surface area contributed by atoms with Gasteiger partial charge in [-0.2, -0.15) is 0 Å². The van der Waals surface area contributed by atoms with E-state index in [0.29, 0.717) is 55.5 Å². The van der Waals surface area contributed by atoms with Crippen molar-refractivity contribution in [3.63, 3.8) is 0 Å². The van der Waals surface area contributed by atoms with Gasteiger partial charge in [-0.1, -0.05) is 0 Å². The third-order valence-corrected chi connectivity index (χ3v) is 5.00. The number of benzene rings is 1. The minimum atomic E-state index is -0.152. The first-order valence-corrected chi connectivity index (χ1v) is 9.41. The fraction of sp³-hybridized carbons (Fsp3) is 0.400. The molecule has 0 unspecified atom stereocenters. The quantitative estimate of drug-likeness (QED) is 0.781. The number of rotatable bonds is 6. The Kier molecular flexibility index (Phi) is 5.57. The molecular formula is C20H23N3O6. The van der Waals surface area contributed by atoms with Gasteiger partial charge >= 0.3 is 0 Å². The van der Waals surface area contributed by atoms with Gasteiger partial charge in [0.25, 0.3) is 0 Å². The molecule has 9 nitrogen and oxygen atoms in total. The van der Waals surface area contributed by atoms with E-state index in [2.05, 4.69) is 5.32 Å². The van der Waals surface area contributed by atoms with Gasteiger partial charge in [-0.25, -0.2) is 0 Å². The number of furan rings is 1. The Morgan fingerprint density at radius 1 is 1.14 bits per heavy atom. The van der Waals surface area contributed by atoms with E-state index in [4.69, 9.17) is 18.6 Å². The van der Waals surface area contributed by atoms with E-state index in [1.165, 1.54) is 7.11 Å². The molecule has 2 aromatic rings. The summed E-state index contributed by atoms with van der Waals surface area (Å²) in [5, 5.41) is 2.87. The van der Waals surface area contributed by atoms with Crippen LogP contribution in [-0.4, -0.2) is 68.2 Å². The normalized spacial score (nSPS) is 16.0. The van der Waals surface area contributed by atoms with E-state index in [1.807, 2.05) is 9.80 Å². The number of hydrogen-bond acceptors (Lipinski definition) is 7. The lowest BCUT2D eigenvalue weighted by Crippen LogP contribution is -2.50. The molecule has 9 heteroatoms. The SMILES string of the molecule is COc1cc2c(cc1NC(=O)CN1CCN(C(=O)Cc3ccoc3)CC1)OCO2. The van der Waals surface area contributed by atoms with Gasteiger partial charge in [-0.3, -0.25) is 14.5 Å². The number of ether oxygens (including phenoxy) is 3. The average Bonchev–Trinajstić information content (AvgIpc) is 3.39. The predicted octanol–water partition coefficient (Wildman–Crippen LogP) is 1.34. The van der Waals surface area contributed by atoms with Crippen LogP contribution in [0, 0.1) is 0 Å². The lowest BCUT2D eigenvalue weighted by Gasteiger charge is -2.34. The maximum absolute atomic E-state index is 12.5. The van der Waals surface area contributed by atoms with E-state index < -0.39 is 0 Å². The molecule has 2 aliphatic heterocycles. The first-order valence-electron chi connectivity index (χ1n) is 9.41. The van der Waals surface area contributed by atoms with Crippen molar-refractivity contribution < 1.29 is 28.2 Å². The Morgan fingerprint density at radius 3 is 2.59 bits per heavy atom. The number of carbonyl (C=O) groups is 2. The summed E-state index contributed by atoms with van der Waals surface area (Å²) in [5.41, 5.74) is 1.41. The van der Waals surface area contributed by atoms with Crippen molar-refractivity contribution in [3.8, 4) is 17.2 Å². The summed E-state index contributed by atoms with van der Waals surface area (Å²) in [4.78, 5) is 28.7. The maximum atomic E-state index is 12.5. The lowest BCUT2D eigenvalue weighted by atomic mass is 10.2. The van der Waals surface area contributed by atoms with Crippen molar-refractivity contribution in [2.45, 2.75) is 6.42 Å². The predicted molar refractivity (Wildman–Crippen MR) is 103 cm³/mol. The minimum absolute atomic E-state index is 0.0700. The molecule has 2 amide bonds. The number of nitrogens with one attached hydrogen (secondary N) is 1. The summed E-state index contributed by atoms with van der Waals surface area (Å²) < 4.78 is 21.0. The van der Waals surface area contributed by atoms with Crippen molar-refractivity contribution in [1.29, 1.82) is 0 Å². The van der Waals surface area contributed by atoms with Crippen molar-refractivity contribution in [2.75, 3.05) is 51.9 Å². The molecule has 29 heavy (non-hydrogen) atoms. The van der Waals surface area contributed by atoms with E-state index in [9.17, 15) is 9.59 Å². The topological polar surface area (TPSA) is 93.5 Å². The van der Waals surface area contributed by atoms with Crippen LogP contribution in [0.1, 0.15) is 5.56 Å². The zero-order valence-corrected chi connectivity index (χ0v) is 16.2. The molecule has 0 spiro atoms. The van der Waals surface area contributed by atoms with Crippen LogP contribution in [0.3, 0.4) is 0 Å². The number of nitrogens with zero attached hydrogens (tertiary/aromatic N) is 2. The van der Waals surface area contributed by atoms with Crippen molar-refractivity contribution in [3.05, 3.63) is 36.3 Å². The van der Waals surface area contributed by atoms with Gasteiger partial charge in [0.1, 0.15) is 5.75 Å². The second kappa shape index (κ2) is 8.44. The van der Waals surface area contributed by atoms with Crippen LogP contribution in [-0.2, 0) is 16.0 Å². The molecule has 1 N–H and O–H groups in total. The molecule has 1 fully saturated rings. The molecule has 1 aromatic carbocycles. The fourth-order valence-corrected chi connectivity index (χ4v) is 3.42. The Labute approximate surface area is 168 Å². The highest BCUT2D eigenvalue weighted by Crippen LogP contribution is 2.40. The number of methoxy groups -OCH3 is 1. The molecule has 2 aliphatic rings. The van der Waals surface area contributed by atoms with Crippen LogP contribution in [0.5, 0.6) is 17.2 Å². The highest BCUT2D eigenvalue weighted by atomic mass is 16.7. The monoisotopic (exact) mass is 401 g/mol. The number of amides is 2. The van der Waals surface area contributed by atoms with Crippen molar-refractivity contribution >= 4 is 17.5 Å². The van der Waals surface area contributed by atoms with Crippen molar-refractivity contribution in [2.24, 2.45) is 0 Å². The van der Waals surface area contributed by atoms with Crippen LogP contribution in [0.4, 0.5) is 5.69 Å².